The van der Waals surface area contributed by atoms with Gasteiger partial charge in [-0.25, -0.2) is 9.97 Å². The van der Waals surface area contributed by atoms with Crippen LogP contribution in [0.1, 0.15) is 18.9 Å². The van der Waals surface area contributed by atoms with E-state index in [9.17, 15) is 0 Å². The molecule has 0 radical (unpaired) electrons. The predicted molar refractivity (Wildman–Crippen MR) is 128 cm³/mol. The number of hydrogen-bond acceptors (Lipinski definition) is 5. The van der Waals surface area contributed by atoms with Crippen LogP contribution in [0.4, 0.5) is 11.6 Å². The highest BCUT2D eigenvalue weighted by Crippen LogP contribution is 2.29. The van der Waals surface area contributed by atoms with Gasteiger partial charge in [0.1, 0.15) is 0 Å². The molecule has 8 heteroatoms. The fraction of sp³-hybridized carbons (Fsp3) is 0.522. The number of aliphatic imine (C=N–C) groups is 1. The monoisotopic (exact) mass is 441 g/mol. The number of nitrogens with one attached hydrogen (secondary N) is 1. The quantitative estimate of drug-likeness (QED) is 0.568. The number of piperazine rings is 1. The van der Waals surface area contributed by atoms with E-state index >= 15 is 0 Å². The Balaban J connectivity index is 1.34. The smallest absolute Gasteiger partial charge is 0.225 e. The standard InChI is InChI=1S/C23H32ClN7/c1-3-25-22(29-11-13-30(14-12-29)23-26-8-4-9-27-23)28-16-19-7-10-31(17-19)21-15-20(24)6-5-18(21)2/h4-6,8-9,15,19H,3,7,10-14,16-17H2,1-2H3,(H,25,28). The van der Waals surface area contributed by atoms with Crippen LogP contribution in [0.15, 0.2) is 41.7 Å². The second-order valence-corrected chi connectivity index (χ2v) is 8.69. The molecule has 1 aromatic carbocycles. The lowest BCUT2D eigenvalue weighted by Gasteiger charge is -2.36. The van der Waals surface area contributed by atoms with Crippen molar-refractivity contribution in [3.8, 4) is 0 Å². The van der Waals surface area contributed by atoms with E-state index in [2.05, 4.69) is 56.0 Å². The van der Waals surface area contributed by atoms with E-state index in [-0.39, 0.29) is 0 Å². The van der Waals surface area contributed by atoms with Crippen LogP contribution in [0.2, 0.25) is 5.02 Å². The molecular formula is C23H32ClN7. The summed E-state index contributed by atoms with van der Waals surface area (Å²) < 4.78 is 0. The number of benzene rings is 1. The molecule has 1 atom stereocenters. The first-order chi connectivity index (χ1) is 15.1. The first kappa shape index (κ1) is 21.7. The third-order valence-corrected chi connectivity index (χ3v) is 6.28. The zero-order valence-corrected chi connectivity index (χ0v) is 19.2. The molecule has 2 aromatic rings. The average Bonchev–Trinajstić information content (AvgIpc) is 3.28. The van der Waals surface area contributed by atoms with Crippen molar-refractivity contribution >= 4 is 29.2 Å². The lowest BCUT2D eigenvalue weighted by molar-refractivity contribution is 0.369. The second kappa shape index (κ2) is 10.2. The lowest BCUT2D eigenvalue weighted by Crippen LogP contribution is -2.53. The zero-order chi connectivity index (χ0) is 21.6. The SMILES string of the molecule is CCNC(=NCC1CCN(c2cc(Cl)ccc2C)C1)N1CCN(c2ncccn2)CC1. The molecule has 4 rings (SSSR count). The van der Waals surface area contributed by atoms with Crippen molar-refractivity contribution in [1.82, 2.24) is 20.2 Å². The van der Waals surface area contributed by atoms with Crippen LogP contribution in [0.5, 0.6) is 0 Å². The van der Waals surface area contributed by atoms with E-state index in [4.69, 9.17) is 16.6 Å². The Morgan fingerprint density at radius 3 is 2.65 bits per heavy atom. The zero-order valence-electron chi connectivity index (χ0n) is 18.5. The van der Waals surface area contributed by atoms with Gasteiger partial charge in [0.15, 0.2) is 5.96 Å². The molecule has 7 nitrogen and oxygen atoms in total. The summed E-state index contributed by atoms with van der Waals surface area (Å²) in [5.74, 6) is 2.39. The number of hydrogen-bond donors (Lipinski definition) is 1. The molecule has 0 spiro atoms. The van der Waals surface area contributed by atoms with Crippen LogP contribution >= 0.6 is 11.6 Å². The molecule has 1 N–H and O–H groups in total. The topological polar surface area (TPSA) is 59.9 Å². The van der Waals surface area contributed by atoms with Crippen LogP contribution < -0.4 is 15.1 Å². The molecular weight excluding hydrogens is 410 g/mol. The number of aryl methyl sites for hydroxylation is 1. The number of guanidine groups is 1. The van der Waals surface area contributed by atoms with Gasteiger partial charge >= 0.3 is 0 Å². The number of halogens is 1. The Bertz CT molecular complexity index is 881. The van der Waals surface area contributed by atoms with Crippen molar-refractivity contribution in [3.05, 3.63) is 47.2 Å². The molecule has 31 heavy (non-hydrogen) atoms. The van der Waals surface area contributed by atoms with Gasteiger partial charge in [-0.05, 0) is 49.9 Å². The van der Waals surface area contributed by atoms with Crippen molar-refractivity contribution in [2.24, 2.45) is 10.9 Å². The summed E-state index contributed by atoms with van der Waals surface area (Å²) in [4.78, 5) is 20.8. The van der Waals surface area contributed by atoms with Crippen LogP contribution in [0, 0.1) is 12.8 Å². The fourth-order valence-electron chi connectivity index (χ4n) is 4.34. The molecule has 2 saturated heterocycles. The van der Waals surface area contributed by atoms with E-state index in [1.165, 1.54) is 11.3 Å². The third kappa shape index (κ3) is 5.39. The van der Waals surface area contributed by atoms with Gasteiger partial charge in [0, 0.05) is 75.5 Å². The summed E-state index contributed by atoms with van der Waals surface area (Å²) in [6.45, 7) is 11.7. The first-order valence-electron chi connectivity index (χ1n) is 11.2. The Kier molecular flexibility index (Phi) is 7.12. The molecule has 2 aliphatic rings. The van der Waals surface area contributed by atoms with Gasteiger partial charge in [-0.1, -0.05) is 17.7 Å². The summed E-state index contributed by atoms with van der Waals surface area (Å²) in [6, 6.07) is 8.01. The highest BCUT2D eigenvalue weighted by atomic mass is 35.5. The molecule has 0 amide bonds. The van der Waals surface area contributed by atoms with E-state index in [1.807, 2.05) is 12.1 Å². The molecule has 166 valence electrons. The molecule has 2 fully saturated rings. The van der Waals surface area contributed by atoms with Crippen molar-refractivity contribution in [2.45, 2.75) is 20.3 Å². The molecule has 2 aliphatic heterocycles. The maximum absolute atomic E-state index is 6.23. The van der Waals surface area contributed by atoms with E-state index in [1.54, 1.807) is 12.4 Å². The number of rotatable bonds is 5. The lowest BCUT2D eigenvalue weighted by atomic mass is 10.1. The summed E-state index contributed by atoms with van der Waals surface area (Å²) in [5.41, 5.74) is 2.53. The summed E-state index contributed by atoms with van der Waals surface area (Å²) >= 11 is 6.23. The maximum Gasteiger partial charge on any atom is 0.225 e. The molecule has 1 aromatic heterocycles. The Hall–Kier alpha value is -2.54. The van der Waals surface area contributed by atoms with E-state index in [0.29, 0.717) is 5.92 Å². The number of aromatic nitrogens is 2. The van der Waals surface area contributed by atoms with Gasteiger partial charge in [0.2, 0.25) is 5.95 Å². The van der Waals surface area contributed by atoms with Gasteiger partial charge in [-0.2, -0.15) is 0 Å². The molecule has 0 bridgehead atoms. The normalized spacial score (nSPS) is 19.8. The number of anilines is 2. The third-order valence-electron chi connectivity index (χ3n) is 6.05. The van der Waals surface area contributed by atoms with Gasteiger partial charge in [0.05, 0.1) is 0 Å². The molecule has 1 unspecified atom stereocenters. The number of nitrogens with zero attached hydrogens (tertiary/aromatic N) is 6. The van der Waals surface area contributed by atoms with Crippen molar-refractivity contribution in [1.29, 1.82) is 0 Å². The highest BCUT2D eigenvalue weighted by molar-refractivity contribution is 6.30. The van der Waals surface area contributed by atoms with Crippen LogP contribution in [-0.2, 0) is 0 Å². The second-order valence-electron chi connectivity index (χ2n) is 8.25. The Labute approximate surface area is 190 Å². The predicted octanol–water partition coefficient (Wildman–Crippen LogP) is 3.05. The molecule has 3 heterocycles. The van der Waals surface area contributed by atoms with Gasteiger partial charge in [-0.15, -0.1) is 0 Å². The van der Waals surface area contributed by atoms with Crippen molar-refractivity contribution in [2.75, 3.05) is 62.2 Å². The van der Waals surface area contributed by atoms with Gasteiger partial charge < -0.3 is 20.0 Å². The summed E-state index contributed by atoms with van der Waals surface area (Å²) in [5, 5.41) is 4.29. The largest absolute Gasteiger partial charge is 0.371 e. The maximum atomic E-state index is 6.23. The van der Waals surface area contributed by atoms with Gasteiger partial charge in [0.25, 0.3) is 0 Å². The Morgan fingerprint density at radius 1 is 1.13 bits per heavy atom. The van der Waals surface area contributed by atoms with Crippen molar-refractivity contribution < 1.29 is 0 Å². The van der Waals surface area contributed by atoms with Gasteiger partial charge in [-0.3, -0.25) is 4.99 Å². The Morgan fingerprint density at radius 2 is 1.90 bits per heavy atom. The fourth-order valence-corrected chi connectivity index (χ4v) is 4.50. The first-order valence-corrected chi connectivity index (χ1v) is 11.6. The van der Waals surface area contributed by atoms with Crippen LogP contribution in [0.3, 0.4) is 0 Å². The van der Waals surface area contributed by atoms with Crippen LogP contribution in [-0.4, -0.2) is 73.2 Å². The highest BCUT2D eigenvalue weighted by Gasteiger charge is 2.25. The summed E-state index contributed by atoms with van der Waals surface area (Å²) in [6.07, 6.45) is 4.76. The van der Waals surface area contributed by atoms with E-state index in [0.717, 1.165) is 75.7 Å². The molecule has 0 aliphatic carbocycles. The minimum Gasteiger partial charge on any atom is -0.371 e. The molecule has 0 saturated carbocycles. The van der Waals surface area contributed by atoms with Crippen molar-refractivity contribution in [3.63, 3.8) is 0 Å². The van der Waals surface area contributed by atoms with Crippen LogP contribution in [0.25, 0.3) is 0 Å². The summed E-state index contributed by atoms with van der Waals surface area (Å²) in [7, 11) is 0. The van der Waals surface area contributed by atoms with E-state index < -0.39 is 0 Å². The minimum atomic E-state index is 0.561. The minimum absolute atomic E-state index is 0.561. The average molecular weight is 442 g/mol.